The van der Waals surface area contributed by atoms with Crippen LogP contribution in [0.15, 0.2) is 22.7 Å². The second-order valence-electron chi connectivity index (χ2n) is 2.74. The first-order chi connectivity index (χ1) is 7.08. The highest BCUT2D eigenvalue weighted by molar-refractivity contribution is 9.10. The normalized spacial score (nSPS) is 9.27. The third-order valence-corrected chi connectivity index (χ3v) is 2.60. The van der Waals surface area contributed by atoms with E-state index in [1.165, 1.54) is 19.1 Å². The van der Waals surface area contributed by atoms with E-state index in [0.717, 1.165) is 11.8 Å². The Morgan fingerprint density at radius 1 is 1.53 bits per heavy atom. The quantitative estimate of drug-likeness (QED) is 0.738. The molecule has 0 heterocycles. The highest BCUT2D eigenvalue weighted by atomic mass is 79.9. The van der Waals surface area contributed by atoms with Gasteiger partial charge in [-0.2, -0.15) is 0 Å². The fourth-order valence-electron chi connectivity index (χ4n) is 0.902. The number of thioether (sulfide) groups is 1. The third kappa shape index (κ3) is 5.01. The summed E-state index contributed by atoms with van der Waals surface area (Å²) in [4.78, 5) is 10.6. The van der Waals surface area contributed by atoms with E-state index in [4.69, 9.17) is 0 Å². The van der Waals surface area contributed by atoms with Crippen LogP contribution in [0.1, 0.15) is 12.5 Å². The maximum atomic E-state index is 12.9. The van der Waals surface area contributed by atoms with Gasteiger partial charge in [-0.15, -0.1) is 0 Å². The Labute approximate surface area is 101 Å². The van der Waals surface area contributed by atoms with E-state index >= 15 is 0 Å². The topological polar surface area (TPSA) is 17.1 Å². The fourth-order valence-corrected chi connectivity index (χ4v) is 1.71. The molecule has 0 aliphatic heterocycles. The number of halogens is 2. The molecular weight excluding hydrogens is 279 g/mol. The van der Waals surface area contributed by atoms with Crippen molar-refractivity contribution in [3.8, 4) is 11.8 Å². The van der Waals surface area contributed by atoms with Gasteiger partial charge < -0.3 is 0 Å². The molecule has 0 aromatic heterocycles. The van der Waals surface area contributed by atoms with Crippen molar-refractivity contribution >= 4 is 32.8 Å². The fraction of sp³-hybridized carbons (Fsp3) is 0.182. The summed E-state index contributed by atoms with van der Waals surface area (Å²) >= 11 is 4.32. The monoisotopic (exact) mass is 286 g/mol. The van der Waals surface area contributed by atoms with Gasteiger partial charge in [-0.05, 0) is 18.2 Å². The summed E-state index contributed by atoms with van der Waals surface area (Å²) in [5, 5.41) is 0.0322. The highest BCUT2D eigenvalue weighted by Gasteiger charge is 1.95. The standard InChI is InChI=1S/C11H8BrFOS/c1-8(14)15-4-2-3-9-5-10(12)7-11(13)6-9/h5-7H,4H2,1H3. The van der Waals surface area contributed by atoms with E-state index in [1.54, 1.807) is 6.07 Å². The number of rotatable bonds is 1. The molecule has 0 N–H and O–H groups in total. The van der Waals surface area contributed by atoms with Crippen molar-refractivity contribution in [1.29, 1.82) is 0 Å². The van der Waals surface area contributed by atoms with Crippen molar-refractivity contribution in [2.24, 2.45) is 0 Å². The van der Waals surface area contributed by atoms with E-state index in [0.29, 0.717) is 15.8 Å². The summed E-state index contributed by atoms with van der Waals surface area (Å²) in [5.41, 5.74) is 0.603. The van der Waals surface area contributed by atoms with Crippen LogP contribution >= 0.6 is 27.7 Å². The van der Waals surface area contributed by atoms with Gasteiger partial charge in [-0.3, -0.25) is 4.79 Å². The summed E-state index contributed by atoms with van der Waals surface area (Å²) in [6.07, 6.45) is 0. The number of benzene rings is 1. The molecule has 0 saturated carbocycles. The van der Waals surface area contributed by atoms with Crippen LogP contribution in [0.4, 0.5) is 4.39 Å². The zero-order valence-electron chi connectivity index (χ0n) is 8.01. The van der Waals surface area contributed by atoms with E-state index in [9.17, 15) is 9.18 Å². The largest absolute Gasteiger partial charge is 0.288 e. The van der Waals surface area contributed by atoms with Crippen molar-refractivity contribution in [2.75, 3.05) is 5.75 Å². The Morgan fingerprint density at radius 2 is 2.27 bits per heavy atom. The second-order valence-corrected chi connectivity index (χ2v) is 4.81. The van der Waals surface area contributed by atoms with Crippen LogP contribution in [-0.2, 0) is 4.79 Å². The van der Waals surface area contributed by atoms with Gasteiger partial charge in [0.1, 0.15) is 5.82 Å². The maximum Gasteiger partial charge on any atom is 0.186 e. The summed E-state index contributed by atoms with van der Waals surface area (Å²) in [6, 6.07) is 4.46. The summed E-state index contributed by atoms with van der Waals surface area (Å²) < 4.78 is 13.6. The first-order valence-electron chi connectivity index (χ1n) is 4.16. The molecule has 0 radical (unpaired) electrons. The minimum atomic E-state index is -0.326. The van der Waals surface area contributed by atoms with Crippen LogP contribution in [0, 0.1) is 17.7 Å². The molecule has 0 saturated heterocycles. The smallest absolute Gasteiger partial charge is 0.186 e. The van der Waals surface area contributed by atoms with Crippen LogP contribution in [-0.4, -0.2) is 10.9 Å². The van der Waals surface area contributed by atoms with Crippen molar-refractivity contribution in [3.05, 3.63) is 34.1 Å². The predicted molar refractivity (Wildman–Crippen MR) is 64.1 cm³/mol. The van der Waals surface area contributed by atoms with Crippen molar-refractivity contribution < 1.29 is 9.18 Å². The lowest BCUT2D eigenvalue weighted by Gasteiger charge is -1.93. The molecule has 1 rings (SSSR count). The molecule has 1 aromatic rings. The van der Waals surface area contributed by atoms with Crippen LogP contribution < -0.4 is 0 Å². The van der Waals surface area contributed by atoms with Crippen LogP contribution in [0.25, 0.3) is 0 Å². The van der Waals surface area contributed by atoms with Crippen molar-refractivity contribution in [3.63, 3.8) is 0 Å². The van der Waals surface area contributed by atoms with Crippen LogP contribution in [0.2, 0.25) is 0 Å². The molecule has 0 fully saturated rings. The molecule has 15 heavy (non-hydrogen) atoms. The Morgan fingerprint density at radius 3 is 2.87 bits per heavy atom. The van der Waals surface area contributed by atoms with Gasteiger partial charge in [0.2, 0.25) is 0 Å². The first-order valence-corrected chi connectivity index (χ1v) is 5.94. The lowest BCUT2D eigenvalue weighted by Crippen LogP contribution is -1.83. The van der Waals surface area contributed by atoms with E-state index in [1.807, 2.05) is 0 Å². The van der Waals surface area contributed by atoms with Gasteiger partial charge >= 0.3 is 0 Å². The summed E-state index contributed by atoms with van der Waals surface area (Å²) in [6.45, 7) is 1.49. The first kappa shape index (κ1) is 12.3. The van der Waals surface area contributed by atoms with Gasteiger partial charge in [0, 0.05) is 17.0 Å². The molecule has 0 atom stereocenters. The van der Waals surface area contributed by atoms with Crippen LogP contribution in [0.3, 0.4) is 0 Å². The van der Waals surface area contributed by atoms with E-state index in [-0.39, 0.29) is 10.9 Å². The Balaban J connectivity index is 2.67. The molecular formula is C11H8BrFOS. The van der Waals surface area contributed by atoms with Gasteiger partial charge in [0.25, 0.3) is 0 Å². The number of carbonyl (C=O) groups is 1. The van der Waals surface area contributed by atoms with E-state index in [2.05, 4.69) is 27.8 Å². The van der Waals surface area contributed by atoms with Crippen LogP contribution in [0.5, 0.6) is 0 Å². The summed E-state index contributed by atoms with van der Waals surface area (Å²) in [7, 11) is 0. The molecule has 0 spiro atoms. The Kier molecular flexibility index (Phi) is 4.86. The number of hydrogen-bond acceptors (Lipinski definition) is 2. The molecule has 78 valence electrons. The van der Waals surface area contributed by atoms with Gasteiger partial charge in [-0.25, -0.2) is 4.39 Å². The number of carbonyl (C=O) groups excluding carboxylic acids is 1. The second kappa shape index (κ2) is 5.94. The minimum Gasteiger partial charge on any atom is -0.288 e. The molecule has 0 aliphatic rings. The maximum absolute atomic E-state index is 12.9. The summed E-state index contributed by atoms with van der Waals surface area (Å²) in [5.74, 6) is 5.69. The van der Waals surface area contributed by atoms with Gasteiger partial charge in [0.05, 0.1) is 5.75 Å². The minimum absolute atomic E-state index is 0.0322. The Hall–Kier alpha value is -0.790. The molecule has 0 unspecified atom stereocenters. The molecule has 4 heteroatoms. The van der Waals surface area contributed by atoms with E-state index < -0.39 is 0 Å². The van der Waals surface area contributed by atoms with Gasteiger partial charge in [-0.1, -0.05) is 39.5 Å². The molecule has 1 aromatic carbocycles. The SMILES string of the molecule is CC(=O)SCC#Cc1cc(F)cc(Br)c1. The number of hydrogen-bond donors (Lipinski definition) is 0. The van der Waals surface area contributed by atoms with Gasteiger partial charge in [0.15, 0.2) is 5.12 Å². The zero-order valence-corrected chi connectivity index (χ0v) is 10.4. The average molecular weight is 287 g/mol. The predicted octanol–water partition coefficient (Wildman–Crippen LogP) is 3.22. The zero-order chi connectivity index (χ0) is 11.3. The molecule has 0 amide bonds. The molecule has 1 nitrogen and oxygen atoms in total. The Bertz CT molecular complexity index is 414. The highest BCUT2D eigenvalue weighted by Crippen LogP contribution is 2.14. The average Bonchev–Trinajstić information content (AvgIpc) is 2.10. The lowest BCUT2D eigenvalue weighted by atomic mass is 10.2. The van der Waals surface area contributed by atoms with Crippen molar-refractivity contribution in [2.45, 2.75) is 6.92 Å². The molecule has 0 bridgehead atoms. The third-order valence-electron chi connectivity index (χ3n) is 1.44. The molecule has 0 aliphatic carbocycles. The lowest BCUT2D eigenvalue weighted by molar-refractivity contribution is -0.109. The van der Waals surface area contributed by atoms with Crippen molar-refractivity contribution in [1.82, 2.24) is 0 Å².